The second kappa shape index (κ2) is 9.53. The Balaban J connectivity index is 2.24. The van der Waals surface area contributed by atoms with E-state index in [9.17, 15) is 4.21 Å². The summed E-state index contributed by atoms with van der Waals surface area (Å²) < 4.78 is 12.0. The Morgan fingerprint density at radius 3 is 2.55 bits per heavy atom. The molecule has 0 fully saturated rings. The van der Waals surface area contributed by atoms with Gasteiger partial charge in [-0.05, 0) is 11.5 Å². The summed E-state index contributed by atoms with van der Waals surface area (Å²) in [4.78, 5) is 4.14. The molecule has 0 bridgehead atoms. The van der Waals surface area contributed by atoms with Crippen LogP contribution in [0.15, 0.2) is 35.3 Å². The molecule has 0 saturated carbocycles. The number of guanidine groups is 1. The second-order valence-corrected chi connectivity index (χ2v) is 6.62. The largest absolute Gasteiger partial charge is 0.356 e. The predicted octanol–water partition coefficient (Wildman–Crippen LogP) is 1.76. The van der Waals surface area contributed by atoms with Crippen molar-refractivity contribution in [3.8, 4) is 0 Å². The molecule has 1 atom stereocenters. The van der Waals surface area contributed by atoms with Crippen molar-refractivity contribution in [2.24, 2.45) is 10.9 Å². The number of hydrogen-bond donors (Lipinski definition) is 2. The fourth-order valence-corrected chi connectivity index (χ4v) is 2.68. The standard InChI is InChI=1S/C15H25N3OS/c1-13(2)11-18-15(16-3)17-9-10-20(19)12-14-7-5-4-6-8-14/h4-8,13H,9-12H2,1-3H3,(H2,16,17,18). The Morgan fingerprint density at radius 2 is 1.95 bits per heavy atom. The summed E-state index contributed by atoms with van der Waals surface area (Å²) >= 11 is 0. The Kier molecular flexibility index (Phi) is 7.95. The SMILES string of the molecule is CN=C(NCCS(=O)Cc1ccccc1)NCC(C)C. The average Bonchev–Trinajstić information content (AvgIpc) is 2.43. The first-order valence-corrected chi connectivity index (χ1v) is 8.44. The molecule has 1 rings (SSSR count). The third kappa shape index (κ3) is 7.28. The summed E-state index contributed by atoms with van der Waals surface area (Å²) in [5.41, 5.74) is 1.12. The first-order chi connectivity index (χ1) is 9.61. The Bertz CT molecular complexity index is 432. The number of nitrogens with zero attached hydrogens (tertiary/aromatic N) is 1. The summed E-state index contributed by atoms with van der Waals surface area (Å²) in [5.74, 6) is 2.58. The third-order valence-electron chi connectivity index (χ3n) is 2.69. The summed E-state index contributed by atoms with van der Waals surface area (Å²) in [6.45, 7) is 5.84. The van der Waals surface area contributed by atoms with E-state index in [4.69, 9.17) is 0 Å². The molecule has 0 radical (unpaired) electrons. The van der Waals surface area contributed by atoms with Gasteiger partial charge in [-0.1, -0.05) is 44.2 Å². The van der Waals surface area contributed by atoms with Crippen molar-refractivity contribution >= 4 is 16.8 Å². The van der Waals surface area contributed by atoms with Gasteiger partial charge < -0.3 is 10.6 Å². The fraction of sp³-hybridized carbons (Fsp3) is 0.533. The molecule has 4 nitrogen and oxygen atoms in total. The van der Waals surface area contributed by atoms with Gasteiger partial charge >= 0.3 is 0 Å². The highest BCUT2D eigenvalue weighted by Crippen LogP contribution is 2.02. The van der Waals surface area contributed by atoms with E-state index in [1.54, 1.807) is 7.05 Å². The maximum Gasteiger partial charge on any atom is 0.191 e. The van der Waals surface area contributed by atoms with Crippen LogP contribution in [-0.4, -0.2) is 36.1 Å². The molecule has 2 N–H and O–H groups in total. The van der Waals surface area contributed by atoms with Crippen LogP contribution in [0.2, 0.25) is 0 Å². The minimum Gasteiger partial charge on any atom is -0.356 e. The van der Waals surface area contributed by atoms with Gasteiger partial charge in [-0.25, -0.2) is 0 Å². The minimum absolute atomic E-state index is 0.570. The Morgan fingerprint density at radius 1 is 1.25 bits per heavy atom. The molecule has 5 heteroatoms. The topological polar surface area (TPSA) is 53.5 Å². The van der Waals surface area contributed by atoms with Gasteiger partial charge in [0.2, 0.25) is 0 Å². The van der Waals surface area contributed by atoms with Crippen molar-refractivity contribution in [1.82, 2.24) is 10.6 Å². The van der Waals surface area contributed by atoms with E-state index in [0.717, 1.165) is 18.1 Å². The Hall–Kier alpha value is -1.36. The maximum atomic E-state index is 12.0. The fourth-order valence-electron chi connectivity index (χ4n) is 1.64. The van der Waals surface area contributed by atoms with Gasteiger partial charge in [-0.3, -0.25) is 9.20 Å². The van der Waals surface area contributed by atoms with Crippen molar-refractivity contribution in [3.63, 3.8) is 0 Å². The number of hydrogen-bond acceptors (Lipinski definition) is 2. The van der Waals surface area contributed by atoms with Gasteiger partial charge in [0, 0.05) is 42.4 Å². The molecule has 0 saturated heterocycles. The van der Waals surface area contributed by atoms with Crippen LogP contribution >= 0.6 is 0 Å². The van der Waals surface area contributed by atoms with Crippen LogP contribution in [0.25, 0.3) is 0 Å². The van der Waals surface area contributed by atoms with Crippen molar-refractivity contribution < 1.29 is 4.21 Å². The molecule has 0 amide bonds. The van der Waals surface area contributed by atoms with Crippen LogP contribution < -0.4 is 10.6 Å². The van der Waals surface area contributed by atoms with Crippen LogP contribution in [0.3, 0.4) is 0 Å². The number of aliphatic imine (C=N–C) groups is 1. The lowest BCUT2D eigenvalue weighted by Crippen LogP contribution is -2.40. The molecule has 0 aromatic heterocycles. The minimum atomic E-state index is -0.847. The molecule has 0 heterocycles. The monoisotopic (exact) mass is 295 g/mol. The molecular weight excluding hydrogens is 270 g/mol. The highest BCUT2D eigenvalue weighted by Gasteiger charge is 2.03. The predicted molar refractivity (Wildman–Crippen MR) is 87.4 cm³/mol. The normalized spacial score (nSPS) is 13.3. The number of benzene rings is 1. The molecule has 0 spiro atoms. The zero-order valence-electron chi connectivity index (χ0n) is 12.6. The molecule has 112 valence electrons. The smallest absolute Gasteiger partial charge is 0.191 e. The van der Waals surface area contributed by atoms with Crippen LogP contribution in [0.5, 0.6) is 0 Å². The molecule has 1 unspecified atom stereocenters. The van der Waals surface area contributed by atoms with Gasteiger partial charge in [0.1, 0.15) is 0 Å². The van der Waals surface area contributed by atoms with E-state index in [0.29, 0.717) is 24.0 Å². The lowest BCUT2D eigenvalue weighted by atomic mass is 10.2. The zero-order chi connectivity index (χ0) is 14.8. The summed E-state index contributed by atoms with van der Waals surface area (Å²) in [5, 5.41) is 6.42. The van der Waals surface area contributed by atoms with E-state index in [1.807, 2.05) is 30.3 Å². The average molecular weight is 295 g/mol. The molecule has 20 heavy (non-hydrogen) atoms. The molecule has 1 aromatic carbocycles. The van der Waals surface area contributed by atoms with E-state index < -0.39 is 10.8 Å². The molecule has 0 aliphatic heterocycles. The van der Waals surface area contributed by atoms with Gasteiger partial charge in [-0.15, -0.1) is 0 Å². The van der Waals surface area contributed by atoms with Crippen molar-refractivity contribution in [1.29, 1.82) is 0 Å². The van der Waals surface area contributed by atoms with E-state index in [2.05, 4.69) is 29.5 Å². The van der Waals surface area contributed by atoms with E-state index >= 15 is 0 Å². The van der Waals surface area contributed by atoms with Crippen LogP contribution in [0, 0.1) is 5.92 Å². The Labute approximate surface area is 124 Å². The van der Waals surface area contributed by atoms with E-state index in [-0.39, 0.29) is 0 Å². The third-order valence-corrected chi connectivity index (χ3v) is 4.01. The van der Waals surface area contributed by atoms with Gasteiger partial charge in [0.05, 0.1) is 0 Å². The first-order valence-electron chi connectivity index (χ1n) is 6.95. The molecule has 0 aliphatic rings. The molecule has 1 aromatic rings. The number of rotatable bonds is 7. The van der Waals surface area contributed by atoms with Crippen molar-refractivity contribution in [3.05, 3.63) is 35.9 Å². The maximum absolute atomic E-state index is 12.0. The van der Waals surface area contributed by atoms with Crippen molar-refractivity contribution in [2.45, 2.75) is 19.6 Å². The zero-order valence-corrected chi connectivity index (χ0v) is 13.4. The molecule has 0 aliphatic carbocycles. The summed E-state index contributed by atoms with van der Waals surface area (Å²) in [6, 6.07) is 9.94. The lowest BCUT2D eigenvalue weighted by molar-refractivity contribution is 0.616. The summed E-state index contributed by atoms with van der Waals surface area (Å²) in [7, 11) is 0.899. The van der Waals surface area contributed by atoms with Crippen LogP contribution in [0.4, 0.5) is 0 Å². The van der Waals surface area contributed by atoms with Crippen LogP contribution in [-0.2, 0) is 16.6 Å². The lowest BCUT2D eigenvalue weighted by Gasteiger charge is -2.13. The van der Waals surface area contributed by atoms with Gasteiger partial charge in [0.25, 0.3) is 0 Å². The van der Waals surface area contributed by atoms with Gasteiger partial charge in [-0.2, -0.15) is 0 Å². The second-order valence-electron chi connectivity index (χ2n) is 5.05. The highest BCUT2D eigenvalue weighted by atomic mass is 32.2. The first kappa shape index (κ1) is 16.7. The van der Waals surface area contributed by atoms with Crippen LogP contribution in [0.1, 0.15) is 19.4 Å². The van der Waals surface area contributed by atoms with Gasteiger partial charge in [0.15, 0.2) is 5.96 Å². The summed E-state index contributed by atoms with van der Waals surface area (Å²) in [6.07, 6.45) is 0. The quantitative estimate of drug-likeness (QED) is 0.595. The van der Waals surface area contributed by atoms with E-state index in [1.165, 1.54) is 0 Å². The molecular formula is C15H25N3OS. The number of nitrogens with one attached hydrogen (secondary N) is 2. The van der Waals surface area contributed by atoms with Crippen molar-refractivity contribution in [2.75, 3.05) is 25.9 Å². The highest BCUT2D eigenvalue weighted by molar-refractivity contribution is 7.84.